The van der Waals surface area contributed by atoms with E-state index in [0.717, 1.165) is 10.8 Å². The Balaban J connectivity index is 1.31. The van der Waals surface area contributed by atoms with Gasteiger partial charge < -0.3 is 9.84 Å². The van der Waals surface area contributed by atoms with Crippen molar-refractivity contribution >= 4 is 44.8 Å². The predicted molar refractivity (Wildman–Crippen MR) is 155 cm³/mol. The smallest absolute Gasteiger partial charge is 0.344 e. The minimum absolute atomic E-state index is 0.344. The molecule has 192 valence electrons. The lowest BCUT2D eigenvalue weighted by Crippen LogP contribution is -2.43. The number of carbonyl (C=O) groups excluding carboxylic acids is 2. The molecule has 6 nitrogen and oxygen atoms in total. The summed E-state index contributed by atoms with van der Waals surface area (Å²) < 4.78 is 6.18. The second kappa shape index (κ2) is 11.4. The molecular formula is C32H23BrN2O4. The van der Waals surface area contributed by atoms with Gasteiger partial charge >= 0.3 is 5.97 Å². The van der Waals surface area contributed by atoms with Crippen LogP contribution in [0.5, 0.6) is 5.75 Å². The quantitative estimate of drug-likeness (QED) is 0.104. The lowest BCUT2D eigenvalue weighted by atomic mass is 9.85. The van der Waals surface area contributed by atoms with Gasteiger partial charge in [0.2, 0.25) is 0 Å². The third-order valence-corrected chi connectivity index (χ3v) is 6.88. The van der Waals surface area contributed by atoms with E-state index >= 15 is 0 Å². The van der Waals surface area contributed by atoms with Crippen molar-refractivity contribution in [2.45, 2.75) is 5.60 Å². The number of nitrogens with one attached hydrogen (secondary N) is 1. The number of hydrazone groups is 1. The first-order valence-corrected chi connectivity index (χ1v) is 12.9. The van der Waals surface area contributed by atoms with Crippen LogP contribution in [0.2, 0.25) is 0 Å². The molecule has 0 aliphatic rings. The Bertz CT molecular complexity index is 1630. The first-order valence-electron chi connectivity index (χ1n) is 12.1. The third kappa shape index (κ3) is 5.50. The monoisotopic (exact) mass is 578 g/mol. The van der Waals surface area contributed by atoms with Crippen LogP contribution >= 0.6 is 15.9 Å². The molecule has 0 radical (unpaired) electrons. The van der Waals surface area contributed by atoms with Gasteiger partial charge in [-0.25, -0.2) is 10.2 Å². The molecule has 7 heteroatoms. The van der Waals surface area contributed by atoms with E-state index in [4.69, 9.17) is 4.74 Å². The van der Waals surface area contributed by atoms with Gasteiger partial charge in [0.15, 0.2) is 5.60 Å². The van der Waals surface area contributed by atoms with Crippen LogP contribution in [0.4, 0.5) is 0 Å². The number of hydrogen-bond donors (Lipinski definition) is 2. The number of nitrogens with zero attached hydrogens (tertiary/aromatic N) is 1. The summed E-state index contributed by atoms with van der Waals surface area (Å²) in [5.74, 6) is -0.824. The minimum Gasteiger partial charge on any atom is -0.422 e. The molecule has 0 saturated heterocycles. The topological polar surface area (TPSA) is 88.0 Å². The number of ether oxygens (including phenoxy) is 1. The molecule has 0 unspecified atom stereocenters. The Morgan fingerprint density at radius 2 is 1.41 bits per heavy atom. The maximum absolute atomic E-state index is 13.2. The van der Waals surface area contributed by atoms with E-state index in [0.29, 0.717) is 32.5 Å². The highest BCUT2D eigenvalue weighted by Crippen LogP contribution is 2.30. The fourth-order valence-electron chi connectivity index (χ4n) is 4.27. The number of carbonyl (C=O) groups is 2. The van der Waals surface area contributed by atoms with Crippen molar-refractivity contribution in [1.29, 1.82) is 0 Å². The molecule has 0 fully saturated rings. The van der Waals surface area contributed by atoms with Crippen molar-refractivity contribution in [1.82, 2.24) is 5.43 Å². The zero-order valence-corrected chi connectivity index (χ0v) is 22.2. The number of aliphatic hydroxyl groups is 1. The van der Waals surface area contributed by atoms with Crippen LogP contribution in [-0.4, -0.2) is 23.2 Å². The van der Waals surface area contributed by atoms with Gasteiger partial charge in [-0.2, -0.15) is 5.10 Å². The summed E-state index contributed by atoms with van der Waals surface area (Å²) in [7, 11) is 0. The maximum Gasteiger partial charge on any atom is 0.344 e. The Morgan fingerprint density at radius 1 is 0.795 bits per heavy atom. The molecule has 5 aromatic carbocycles. The summed E-state index contributed by atoms with van der Waals surface area (Å²) in [6.45, 7) is 0. The standard InChI is InChI=1S/C32H23BrN2O4/c33-28-20-22(18-19-29(28)39-30(36)27-17-9-11-23-10-7-8-16-26(23)27)21-34-35-31(37)32(38,24-12-3-1-4-13-24)25-14-5-2-6-15-25/h1-21,38H,(H,35,37)/b34-21-. The van der Waals surface area contributed by atoms with Gasteiger partial charge in [0.05, 0.1) is 16.3 Å². The molecule has 0 bridgehead atoms. The lowest BCUT2D eigenvalue weighted by molar-refractivity contribution is -0.136. The van der Waals surface area contributed by atoms with E-state index in [1.165, 1.54) is 6.21 Å². The van der Waals surface area contributed by atoms with Crippen molar-refractivity contribution < 1.29 is 19.4 Å². The Labute approximate surface area is 233 Å². The van der Waals surface area contributed by atoms with E-state index in [1.54, 1.807) is 72.8 Å². The highest BCUT2D eigenvalue weighted by Gasteiger charge is 2.39. The maximum atomic E-state index is 13.2. The molecule has 0 aromatic heterocycles. The fourth-order valence-corrected chi connectivity index (χ4v) is 4.75. The normalized spacial score (nSPS) is 11.4. The van der Waals surface area contributed by atoms with E-state index in [9.17, 15) is 14.7 Å². The summed E-state index contributed by atoms with van der Waals surface area (Å²) in [5.41, 5.74) is 2.47. The van der Waals surface area contributed by atoms with Gasteiger partial charge in [-0.1, -0.05) is 97.1 Å². The van der Waals surface area contributed by atoms with E-state index in [-0.39, 0.29) is 0 Å². The first kappa shape index (κ1) is 26.0. The van der Waals surface area contributed by atoms with Gasteiger partial charge in [-0.3, -0.25) is 4.79 Å². The van der Waals surface area contributed by atoms with E-state index in [1.807, 2.05) is 48.5 Å². The zero-order chi connectivity index (χ0) is 27.2. The van der Waals surface area contributed by atoms with Gasteiger partial charge in [-0.15, -0.1) is 0 Å². The molecule has 0 aliphatic carbocycles. The second-order valence-corrected chi connectivity index (χ2v) is 9.60. The van der Waals surface area contributed by atoms with Crippen LogP contribution in [0, 0.1) is 0 Å². The number of halogens is 1. The molecule has 5 aromatic rings. The SMILES string of the molecule is O=C(Oc1ccc(/C=N\NC(=O)C(O)(c2ccccc2)c2ccccc2)cc1Br)c1cccc2ccccc12. The molecule has 39 heavy (non-hydrogen) atoms. The molecule has 5 rings (SSSR count). The van der Waals surface area contributed by atoms with E-state index in [2.05, 4.69) is 26.5 Å². The van der Waals surface area contributed by atoms with Gasteiger partial charge in [0.25, 0.3) is 5.91 Å². The first-order chi connectivity index (χ1) is 19.0. The van der Waals surface area contributed by atoms with Crippen LogP contribution in [0.3, 0.4) is 0 Å². The largest absolute Gasteiger partial charge is 0.422 e. The summed E-state index contributed by atoms with van der Waals surface area (Å²) >= 11 is 3.45. The summed E-state index contributed by atoms with van der Waals surface area (Å²) in [5, 5.41) is 17.3. The number of esters is 1. The molecular weight excluding hydrogens is 556 g/mol. The average Bonchev–Trinajstić information content (AvgIpc) is 2.98. The number of amides is 1. The van der Waals surface area contributed by atoms with Crippen LogP contribution < -0.4 is 10.2 Å². The van der Waals surface area contributed by atoms with Gasteiger partial charge in [0, 0.05) is 0 Å². The molecule has 0 saturated carbocycles. The van der Waals surface area contributed by atoms with Crippen molar-refractivity contribution in [3.8, 4) is 5.75 Å². The Hall–Kier alpha value is -4.59. The number of fused-ring (bicyclic) bond motifs is 1. The van der Waals surface area contributed by atoms with Gasteiger partial charge in [-0.05, 0) is 67.7 Å². The van der Waals surface area contributed by atoms with Crippen LogP contribution in [0.1, 0.15) is 27.0 Å². The van der Waals surface area contributed by atoms with Gasteiger partial charge in [0.1, 0.15) is 5.75 Å². The number of rotatable bonds is 7. The number of hydrogen-bond acceptors (Lipinski definition) is 5. The minimum atomic E-state index is -1.93. The molecule has 2 N–H and O–H groups in total. The highest BCUT2D eigenvalue weighted by molar-refractivity contribution is 9.10. The van der Waals surface area contributed by atoms with Crippen molar-refractivity contribution in [2.75, 3.05) is 0 Å². The molecule has 0 heterocycles. The summed E-state index contributed by atoms with van der Waals surface area (Å²) in [6, 6.07) is 35.5. The molecule has 1 amide bonds. The Kier molecular flexibility index (Phi) is 7.63. The van der Waals surface area contributed by atoms with Crippen molar-refractivity contribution in [2.24, 2.45) is 5.10 Å². The lowest BCUT2D eigenvalue weighted by Gasteiger charge is -2.27. The summed E-state index contributed by atoms with van der Waals surface area (Å²) in [6.07, 6.45) is 1.44. The van der Waals surface area contributed by atoms with E-state index < -0.39 is 17.5 Å². The fraction of sp³-hybridized carbons (Fsp3) is 0.0312. The zero-order valence-electron chi connectivity index (χ0n) is 20.6. The second-order valence-electron chi connectivity index (χ2n) is 8.75. The van der Waals surface area contributed by atoms with Crippen molar-refractivity contribution in [3.63, 3.8) is 0 Å². The molecule has 0 atom stereocenters. The van der Waals surface area contributed by atoms with Crippen LogP contribution in [0.15, 0.2) is 131 Å². The van der Waals surface area contributed by atoms with Crippen molar-refractivity contribution in [3.05, 3.63) is 148 Å². The summed E-state index contributed by atoms with van der Waals surface area (Å²) in [4.78, 5) is 26.1. The van der Waals surface area contributed by atoms with Crippen LogP contribution in [-0.2, 0) is 10.4 Å². The molecule has 0 aliphatic heterocycles. The predicted octanol–water partition coefficient (Wildman–Crippen LogP) is 6.21. The third-order valence-electron chi connectivity index (χ3n) is 6.26. The van der Waals surface area contributed by atoms with Crippen LogP contribution in [0.25, 0.3) is 10.8 Å². The number of benzene rings is 5. The molecule has 0 spiro atoms. The Morgan fingerprint density at radius 3 is 2.08 bits per heavy atom. The highest BCUT2D eigenvalue weighted by atomic mass is 79.9. The average molecular weight is 579 g/mol.